The number of hydrogen-bond acceptors (Lipinski definition) is 5. The third-order valence-electron chi connectivity index (χ3n) is 2.59. The van der Waals surface area contributed by atoms with Crippen molar-refractivity contribution >= 4 is 31.5 Å². The molecular formula is C12H19ClN2O4S2. The highest BCUT2D eigenvalue weighted by Gasteiger charge is 2.20. The molecule has 0 amide bonds. The molecule has 9 heteroatoms. The molecule has 6 nitrogen and oxygen atoms in total. The van der Waals surface area contributed by atoms with Crippen molar-refractivity contribution in [2.45, 2.75) is 29.7 Å². The molecule has 0 aliphatic heterocycles. The van der Waals surface area contributed by atoms with E-state index in [1.165, 1.54) is 12.1 Å². The summed E-state index contributed by atoms with van der Waals surface area (Å²) in [6, 6.07) is 3.85. The minimum atomic E-state index is -3.86. The molecule has 21 heavy (non-hydrogen) atoms. The zero-order chi connectivity index (χ0) is 16.3. The predicted molar refractivity (Wildman–Crippen MR) is 82.9 cm³/mol. The van der Waals surface area contributed by atoms with Crippen molar-refractivity contribution in [2.24, 2.45) is 0 Å². The van der Waals surface area contributed by atoms with Gasteiger partial charge in [0.2, 0.25) is 10.0 Å². The van der Waals surface area contributed by atoms with E-state index in [4.69, 9.17) is 11.6 Å². The molecule has 0 aliphatic carbocycles. The van der Waals surface area contributed by atoms with Crippen LogP contribution in [0.3, 0.4) is 0 Å². The van der Waals surface area contributed by atoms with E-state index in [-0.39, 0.29) is 27.4 Å². The first-order chi connectivity index (χ1) is 9.54. The molecule has 1 aromatic carbocycles. The third-order valence-corrected chi connectivity index (χ3v) is 5.64. The average molecular weight is 355 g/mol. The van der Waals surface area contributed by atoms with Crippen LogP contribution < -0.4 is 10.0 Å². The lowest BCUT2D eigenvalue weighted by atomic mass is 10.4. The van der Waals surface area contributed by atoms with Crippen LogP contribution >= 0.6 is 11.6 Å². The Bertz CT molecular complexity index is 700. The van der Waals surface area contributed by atoms with Crippen molar-refractivity contribution in [3.05, 3.63) is 23.2 Å². The van der Waals surface area contributed by atoms with Crippen molar-refractivity contribution < 1.29 is 16.8 Å². The molecule has 0 heterocycles. The normalized spacial score (nSPS) is 12.8. The van der Waals surface area contributed by atoms with Crippen LogP contribution in [0.15, 0.2) is 28.0 Å². The number of nitrogens with one attached hydrogen (secondary N) is 2. The third kappa shape index (κ3) is 5.55. The summed E-state index contributed by atoms with van der Waals surface area (Å²) in [4.78, 5) is -0.329. The molecule has 1 aromatic rings. The molecule has 0 saturated heterocycles. The molecule has 120 valence electrons. The van der Waals surface area contributed by atoms with E-state index >= 15 is 0 Å². The standard InChI is InChI=1S/C12H19ClN2O4S2/c1-9(2)14-6-7-15-21(18,19)12-8-10(20(3,16)17)4-5-11(12)13/h4-5,8-9,14-15H,6-7H2,1-3H3. The lowest BCUT2D eigenvalue weighted by Crippen LogP contribution is -2.34. The molecule has 0 spiro atoms. The fraction of sp³-hybridized carbons (Fsp3) is 0.500. The Labute approximate surface area is 130 Å². The van der Waals surface area contributed by atoms with Gasteiger partial charge in [0.1, 0.15) is 4.90 Å². The minimum Gasteiger partial charge on any atom is -0.313 e. The van der Waals surface area contributed by atoms with E-state index in [2.05, 4.69) is 10.0 Å². The second-order valence-electron chi connectivity index (χ2n) is 4.87. The van der Waals surface area contributed by atoms with Gasteiger partial charge in [0.25, 0.3) is 0 Å². The molecule has 1 rings (SSSR count). The molecule has 2 N–H and O–H groups in total. The van der Waals surface area contributed by atoms with Gasteiger partial charge in [0.05, 0.1) is 9.92 Å². The van der Waals surface area contributed by atoms with Gasteiger partial charge in [-0.15, -0.1) is 0 Å². The van der Waals surface area contributed by atoms with E-state index in [0.29, 0.717) is 6.54 Å². The molecule has 0 bridgehead atoms. The maximum Gasteiger partial charge on any atom is 0.242 e. The summed E-state index contributed by atoms with van der Waals surface area (Å²) in [5.41, 5.74) is 0. The average Bonchev–Trinajstić information content (AvgIpc) is 2.33. The van der Waals surface area contributed by atoms with Gasteiger partial charge in [-0.3, -0.25) is 0 Å². The van der Waals surface area contributed by atoms with E-state index in [9.17, 15) is 16.8 Å². The van der Waals surface area contributed by atoms with Crippen molar-refractivity contribution in [1.82, 2.24) is 10.0 Å². The van der Waals surface area contributed by atoms with Crippen molar-refractivity contribution in [2.75, 3.05) is 19.3 Å². The van der Waals surface area contributed by atoms with Crippen molar-refractivity contribution in [3.63, 3.8) is 0 Å². The summed E-state index contributed by atoms with van der Waals surface area (Å²) < 4.78 is 49.7. The van der Waals surface area contributed by atoms with Crippen LogP contribution in [0.4, 0.5) is 0 Å². The molecule has 0 aromatic heterocycles. The van der Waals surface area contributed by atoms with Crippen LogP contribution in [0.5, 0.6) is 0 Å². The summed E-state index contributed by atoms with van der Waals surface area (Å²) >= 11 is 5.86. The highest BCUT2D eigenvalue weighted by atomic mass is 35.5. The number of benzene rings is 1. The van der Waals surface area contributed by atoms with Crippen molar-refractivity contribution in [1.29, 1.82) is 0 Å². The van der Waals surface area contributed by atoms with Gasteiger partial charge in [-0.1, -0.05) is 25.4 Å². The summed E-state index contributed by atoms with van der Waals surface area (Å²) in [5.74, 6) is 0. The number of sulfone groups is 1. The number of rotatable bonds is 7. The quantitative estimate of drug-likeness (QED) is 0.713. The fourth-order valence-electron chi connectivity index (χ4n) is 1.54. The van der Waals surface area contributed by atoms with Crippen LogP contribution in [-0.2, 0) is 19.9 Å². The maximum absolute atomic E-state index is 12.2. The lowest BCUT2D eigenvalue weighted by Gasteiger charge is -2.11. The Hall–Kier alpha value is -0.670. The highest BCUT2D eigenvalue weighted by Crippen LogP contribution is 2.24. The van der Waals surface area contributed by atoms with Crippen LogP contribution in [0.2, 0.25) is 5.02 Å². The van der Waals surface area contributed by atoms with E-state index in [1.54, 1.807) is 0 Å². The first-order valence-corrected chi connectivity index (χ1v) is 10.0. The first kappa shape index (κ1) is 18.4. The monoisotopic (exact) mass is 354 g/mol. The molecule has 0 atom stereocenters. The van der Waals surface area contributed by atoms with E-state index in [0.717, 1.165) is 12.3 Å². The summed E-state index contributed by atoms with van der Waals surface area (Å²) in [6.07, 6.45) is 1.01. The second kappa shape index (κ2) is 7.06. The second-order valence-corrected chi connectivity index (χ2v) is 9.03. The predicted octanol–water partition coefficient (Wildman–Crippen LogP) is 1.02. The highest BCUT2D eigenvalue weighted by molar-refractivity contribution is 7.91. The Balaban J connectivity index is 2.98. The zero-order valence-corrected chi connectivity index (χ0v) is 14.4. The first-order valence-electron chi connectivity index (χ1n) is 6.26. The Morgan fingerprint density at radius 1 is 1.14 bits per heavy atom. The molecular weight excluding hydrogens is 336 g/mol. The van der Waals surface area contributed by atoms with Crippen LogP contribution in [0, 0.1) is 0 Å². The van der Waals surface area contributed by atoms with Crippen molar-refractivity contribution in [3.8, 4) is 0 Å². The van der Waals surface area contributed by atoms with E-state index in [1.807, 2.05) is 13.8 Å². The molecule has 0 saturated carbocycles. The van der Waals surface area contributed by atoms with Gasteiger partial charge in [-0.2, -0.15) is 0 Å². The van der Waals surface area contributed by atoms with Gasteiger partial charge in [0, 0.05) is 25.4 Å². The molecule has 0 aliphatic rings. The van der Waals surface area contributed by atoms with Gasteiger partial charge < -0.3 is 5.32 Å². The van der Waals surface area contributed by atoms with Gasteiger partial charge in [0.15, 0.2) is 9.84 Å². The largest absolute Gasteiger partial charge is 0.313 e. The summed E-state index contributed by atoms with van der Waals surface area (Å²) in [5, 5.41) is 3.04. The number of hydrogen-bond donors (Lipinski definition) is 2. The fourth-order valence-corrected chi connectivity index (χ4v) is 3.82. The number of sulfonamides is 1. The summed E-state index contributed by atoms with van der Waals surface area (Å²) in [7, 11) is -7.36. The summed E-state index contributed by atoms with van der Waals surface area (Å²) in [6.45, 7) is 4.53. The maximum atomic E-state index is 12.2. The van der Waals surface area contributed by atoms with Crippen LogP contribution in [-0.4, -0.2) is 42.2 Å². The SMILES string of the molecule is CC(C)NCCNS(=O)(=O)c1cc(S(C)(=O)=O)ccc1Cl. The molecule has 0 unspecified atom stereocenters. The van der Waals surface area contributed by atoms with Gasteiger partial charge >= 0.3 is 0 Å². The molecule has 0 fully saturated rings. The van der Waals surface area contributed by atoms with Crippen LogP contribution in [0.1, 0.15) is 13.8 Å². The smallest absolute Gasteiger partial charge is 0.242 e. The number of halogens is 1. The van der Waals surface area contributed by atoms with Gasteiger partial charge in [-0.05, 0) is 18.2 Å². The van der Waals surface area contributed by atoms with Gasteiger partial charge in [-0.25, -0.2) is 21.6 Å². The van der Waals surface area contributed by atoms with Crippen LogP contribution in [0.25, 0.3) is 0 Å². The Morgan fingerprint density at radius 2 is 1.76 bits per heavy atom. The topological polar surface area (TPSA) is 92.3 Å². The lowest BCUT2D eigenvalue weighted by molar-refractivity contribution is 0.559. The Kier molecular flexibility index (Phi) is 6.18. The minimum absolute atomic E-state index is 0.0216. The van der Waals surface area contributed by atoms with E-state index < -0.39 is 19.9 Å². The Morgan fingerprint density at radius 3 is 2.29 bits per heavy atom. The molecule has 0 radical (unpaired) electrons. The zero-order valence-electron chi connectivity index (χ0n) is 12.1.